The fraction of sp³-hybridized carbons (Fsp3) is 0.182. The molecule has 44 heavy (non-hydrogen) atoms. The molecule has 1 N–H and O–H groups in total. The summed E-state index contributed by atoms with van der Waals surface area (Å²) < 4.78 is 7.21. The first-order chi connectivity index (χ1) is 21.6. The lowest BCUT2D eigenvalue weighted by Crippen LogP contribution is -2.28. The van der Waals surface area contributed by atoms with Gasteiger partial charge < -0.3 is 10.1 Å². The summed E-state index contributed by atoms with van der Waals surface area (Å²) in [7, 11) is 1.63. The van der Waals surface area contributed by atoms with Crippen LogP contribution in [0.15, 0.2) is 113 Å². The minimum atomic E-state index is -0.228. The minimum Gasteiger partial charge on any atom is -0.497 e. The van der Waals surface area contributed by atoms with E-state index >= 15 is 0 Å². The van der Waals surface area contributed by atoms with E-state index in [0.717, 1.165) is 33.2 Å². The van der Waals surface area contributed by atoms with Crippen molar-refractivity contribution in [2.75, 3.05) is 12.9 Å². The lowest BCUT2D eigenvalue weighted by atomic mass is 10.0. The number of hydrazone groups is 1. The van der Waals surface area contributed by atoms with Crippen molar-refractivity contribution in [3.63, 3.8) is 0 Å². The van der Waals surface area contributed by atoms with Gasteiger partial charge in [-0.2, -0.15) is 5.10 Å². The van der Waals surface area contributed by atoms with Gasteiger partial charge in [0.1, 0.15) is 5.75 Å². The Kier molecular flexibility index (Phi) is 9.14. The van der Waals surface area contributed by atoms with Crippen molar-refractivity contribution in [1.29, 1.82) is 0 Å². The number of hydrogen-bond acceptors (Lipinski definition) is 8. The molecule has 0 bridgehead atoms. The molecule has 1 unspecified atom stereocenters. The van der Waals surface area contributed by atoms with E-state index in [1.165, 1.54) is 11.8 Å². The monoisotopic (exact) mass is 622 g/mol. The van der Waals surface area contributed by atoms with Gasteiger partial charge in [-0.15, -0.1) is 21.5 Å². The molecule has 3 aromatic carbocycles. The predicted octanol–water partition coefficient (Wildman–Crippen LogP) is 5.67. The summed E-state index contributed by atoms with van der Waals surface area (Å²) in [6.07, 6.45) is 0.895. The zero-order valence-corrected chi connectivity index (χ0v) is 25.6. The van der Waals surface area contributed by atoms with Gasteiger partial charge in [0, 0.05) is 12.1 Å². The van der Waals surface area contributed by atoms with E-state index in [4.69, 9.17) is 9.84 Å². The lowest BCUT2D eigenvalue weighted by molar-refractivity contribution is -0.130. The van der Waals surface area contributed by atoms with Crippen LogP contribution in [0.5, 0.6) is 5.75 Å². The first-order valence-corrected chi connectivity index (χ1v) is 16.0. The average Bonchev–Trinajstić information content (AvgIpc) is 3.84. The summed E-state index contributed by atoms with van der Waals surface area (Å²) in [5, 5.41) is 20.7. The maximum atomic E-state index is 13.7. The topological polar surface area (TPSA) is 102 Å². The highest BCUT2D eigenvalue weighted by atomic mass is 32.2. The Morgan fingerprint density at radius 2 is 1.70 bits per heavy atom. The molecule has 1 atom stereocenters. The van der Waals surface area contributed by atoms with Gasteiger partial charge in [-0.05, 0) is 46.8 Å². The molecule has 222 valence electrons. The average molecular weight is 623 g/mol. The molecule has 2 amide bonds. The smallest absolute Gasteiger partial charge is 0.253 e. The summed E-state index contributed by atoms with van der Waals surface area (Å²) in [6, 6.07) is 30.8. The summed E-state index contributed by atoms with van der Waals surface area (Å²) in [6.45, 7) is 0.197. The molecule has 0 radical (unpaired) electrons. The number of ether oxygens (including phenoxy) is 1. The molecule has 6 rings (SSSR count). The van der Waals surface area contributed by atoms with Crippen LogP contribution in [-0.4, -0.2) is 50.2 Å². The van der Waals surface area contributed by atoms with Crippen LogP contribution in [0.4, 0.5) is 0 Å². The van der Waals surface area contributed by atoms with Crippen LogP contribution in [0.3, 0.4) is 0 Å². The van der Waals surface area contributed by atoms with Gasteiger partial charge >= 0.3 is 0 Å². The Hall–Kier alpha value is -4.74. The molecule has 11 heteroatoms. The third-order valence-corrected chi connectivity index (χ3v) is 9.00. The minimum absolute atomic E-state index is 0.110. The van der Waals surface area contributed by atoms with Crippen LogP contribution in [0.1, 0.15) is 34.3 Å². The summed E-state index contributed by atoms with van der Waals surface area (Å²) in [4.78, 5) is 27.5. The van der Waals surface area contributed by atoms with Gasteiger partial charge in [0.25, 0.3) is 5.91 Å². The number of methoxy groups -OCH3 is 1. The Morgan fingerprint density at radius 3 is 2.41 bits per heavy atom. The second-order valence-electron chi connectivity index (χ2n) is 10.1. The van der Waals surface area contributed by atoms with Gasteiger partial charge in [0.2, 0.25) is 5.91 Å². The molecule has 0 fully saturated rings. The molecule has 1 aliphatic rings. The normalized spacial score (nSPS) is 14.3. The molecular weight excluding hydrogens is 593 g/mol. The Morgan fingerprint density at radius 1 is 0.955 bits per heavy atom. The van der Waals surface area contributed by atoms with Crippen molar-refractivity contribution in [1.82, 2.24) is 25.1 Å². The van der Waals surface area contributed by atoms with Crippen molar-refractivity contribution in [3.8, 4) is 11.4 Å². The number of carbonyl (C=O) groups is 2. The summed E-state index contributed by atoms with van der Waals surface area (Å²) in [5.41, 5.74) is 3.65. The number of rotatable bonds is 11. The van der Waals surface area contributed by atoms with Crippen LogP contribution in [0.2, 0.25) is 0 Å². The van der Waals surface area contributed by atoms with Crippen molar-refractivity contribution >= 4 is 40.6 Å². The number of benzene rings is 3. The highest BCUT2D eigenvalue weighted by Crippen LogP contribution is 2.35. The van der Waals surface area contributed by atoms with Gasteiger partial charge in [0.05, 0.1) is 42.5 Å². The number of hydrogen-bond donors (Lipinski definition) is 1. The highest BCUT2D eigenvalue weighted by molar-refractivity contribution is 7.99. The molecule has 1 aliphatic heterocycles. The zero-order valence-electron chi connectivity index (χ0n) is 24.0. The van der Waals surface area contributed by atoms with E-state index in [2.05, 4.69) is 15.5 Å². The van der Waals surface area contributed by atoms with E-state index in [-0.39, 0.29) is 36.6 Å². The SMILES string of the molecule is COc1ccc(C2CC(c3cccs3)=NN2C(=O)CSc2nnc(CNC(=O)Cc3ccccc3)n2-c2ccccc2)cc1. The number of thiophene rings is 1. The molecule has 0 saturated carbocycles. The maximum Gasteiger partial charge on any atom is 0.253 e. The van der Waals surface area contributed by atoms with E-state index in [9.17, 15) is 9.59 Å². The molecule has 0 spiro atoms. The van der Waals surface area contributed by atoms with E-state index in [1.807, 2.05) is 107 Å². The number of nitrogens with one attached hydrogen (secondary N) is 1. The number of carbonyl (C=O) groups excluding carboxylic acids is 2. The standard InChI is InChI=1S/C33H30N6O3S2/c1-42-26-16-14-24(15-17-26)28-20-27(29-13-8-18-43-29)37-39(28)32(41)22-44-33-36-35-30(38(33)25-11-6-3-7-12-25)21-34-31(40)19-23-9-4-2-5-10-23/h2-18,28H,19-22H2,1H3,(H,34,40). The van der Waals surface area contributed by atoms with Crippen molar-refractivity contribution in [2.24, 2.45) is 5.10 Å². The van der Waals surface area contributed by atoms with Crippen LogP contribution in [-0.2, 0) is 22.6 Å². The molecule has 9 nitrogen and oxygen atoms in total. The summed E-state index contributed by atoms with van der Waals surface area (Å²) >= 11 is 2.91. The number of para-hydroxylation sites is 1. The third kappa shape index (κ3) is 6.74. The fourth-order valence-electron chi connectivity index (χ4n) is 4.98. The van der Waals surface area contributed by atoms with E-state index < -0.39 is 0 Å². The van der Waals surface area contributed by atoms with Gasteiger partial charge in [0.15, 0.2) is 11.0 Å². The first kappa shape index (κ1) is 29.3. The lowest BCUT2D eigenvalue weighted by Gasteiger charge is -2.22. The molecular formula is C33H30N6O3S2. The zero-order chi connectivity index (χ0) is 30.3. The number of thioether (sulfide) groups is 1. The Labute approximate surface area is 263 Å². The van der Waals surface area contributed by atoms with Crippen molar-refractivity contribution in [2.45, 2.75) is 30.6 Å². The van der Waals surface area contributed by atoms with Crippen LogP contribution < -0.4 is 10.1 Å². The van der Waals surface area contributed by atoms with Crippen LogP contribution >= 0.6 is 23.1 Å². The molecule has 2 aromatic heterocycles. The van der Waals surface area contributed by atoms with Gasteiger partial charge in [-0.25, -0.2) is 5.01 Å². The molecule has 0 aliphatic carbocycles. The second-order valence-corrected chi connectivity index (χ2v) is 11.9. The molecule has 3 heterocycles. The Bertz CT molecular complexity index is 1740. The fourth-order valence-corrected chi connectivity index (χ4v) is 6.52. The largest absolute Gasteiger partial charge is 0.497 e. The van der Waals surface area contributed by atoms with Crippen LogP contribution in [0.25, 0.3) is 5.69 Å². The van der Waals surface area contributed by atoms with Crippen molar-refractivity contribution in [3.05, 3.63) is 124 Å². The first-order valence-electron chi connectivity index (χ1n) is 14.1. The number of amides is 2. The number of aromatic nitrogens is 3. The Balaban J connectivity index is 1.20. The van der Waals surface area contributed by atoms with E-state index in [1.54, 1.807) is 23.5 Å². The van der Waals surface area contributed by atoms with Gasteiger partial charge in [-0.1, -0.05) is 78.5 Å². The van der Waals surface area contributed by atoms with Gasteiger partial charge in [-0.3, -0.25) is 14.2 Å². The highest BCUT2D eigenvalue weighted by Gasteiger charge is 2.33. The quantitative estimate of drug-likeness (QED) is 0.191. The van der Waals surface area contributed by atoms with Crippen LogP contribution in [0, 0.1) is 0 Å². The number of nitrogens with zero attached hydrogens (tertiary/aromatic N) is 5. The predicted molar refractivity (Wildman–Crippen MR) is 172 cm³/mol. The summed E-state index contributed by atoms with van der Waals surface area (Å²) in [5.74, 6) is 1.19. The van der Waals surface area contributed by atoms with Crippen molar-refractivity contribution < 1.29 is 14.3 Å². The van der Waals surface area contributed by atoms with E-state index in [0.29, 0.717) is 17.4 Å². The maximum absolute atomic E-state index is 13.7. The second kappa shape index (κ2) is 13.7. The third-order valence-electron chi connectivity index (χ3n) is 7.16. The molecule has 0 saturated heterocycles. The molecule has 5 aromatic rings.